The maximum Gasteiger partial charge on any atom is 0.241 e. The Balaban J connectivity index is 2.79. The molecule has 0 fully saturated rings. The first-order chi connectivity index (χ1) is 8.45. The first kappa shape index (κ1) is 14.5. The van der Waals surface area contributed by atoms with Gasteiger partial charge in [-0.25, -0.2) is 0 Å². The molecule has 0 saturated heterocycles. The van der Waals surface area contributed by atoms with E-state index in [1.54, 1.807) is 25.9 Å². The summed E-state index contributed by atoms with van der Waals surface area (Å²) in [6.45, 7) is 4.90. The molecule has 1 aromatic carbocycles. The molecule has 1 atom stereocenters. The van der Waals surface area contributed by atoms with Crippen molar-refractivity contribution in [2.24, 2.45) is 0 Å². The molecule has 1 rings (SSSR count). The average Bonchev–Trinajstić information content (AvgIpc) is 2.35. The van der Waals surface area contributed by atoms with E-state index in [9.17, 15) is 9.90 Å². The van der Waals surface area contributed by atoms with Gasteiger partial charge in [-0.15, -0.1) is 0 Å². The molecule has 0 heterocycles. The molecule has 0 bridgehead atoms. The lowest BCUT2D eigenvalue weighted by Gasteiger charge is -2.24. The Kier molecular flexibility index (Phi) is 5.16. The molecule has 0 saturated carbocycles. The Morgan fingerprint density at radius 2 is 1.83 bits per heavy atom. The Morgan fingerprint density at radius 1 is 1.28 bits per heavy atom. The standard InChI is InChI=1S/C14H22N2O2/c1-5-16(10-14(18)15(3)4)13-8-6-12(7-9-13)11(2)17/h6-9,11,17H,5,10H2,1-4H3. The van der Waals surface area contributed by atoms with Crippen molar-refractivity contribution in [2.45, 2.75) is 20.0 Å². The van der Waals surface area contributed by atoms with Crippen LogP contribution in [0, 0.1) is 0 Å². The van der Waals surface area contributed by atoms with E-state index in [-0.39, 0.29) is 5.91 Å². The summed E-state index contributed by atoms with van der Waals surface area (Å²) in [5.74, 6) is 0.0800. The number of aliphatic hydroxyl groups is 1. The van der Waals surface area contributed by atoms with Crippen LogP contribution < -0.4 is 4.90 Å². The lowest BCUT2D eigenvalue weighted by Crippen LogP contribution is -2.36. The minimum Gasteiger partial charge on any atom is -0.389 e. The molecule has 0 aliphatic heterocycles. The van der Waals surface area contributed by atoms with Crippen LogP contribution in [0.3, 0.4) is 0 Å². The average molecular weight is 250 g/mol. The van der Waals surface area contributed by atoms with Crippen molar-refractivity contribution in [3.63, 3.8) is 0 Å². The fraction of sp³-hybridized carbons (Fsp3) is 0.500. The van der Waals surface area contributed by atoms with Gasteiger partial charge in [-0.05, 0) is 31.5 Å². The highest BCUT2D eigenvalue weighted by Gasteiger charge is 2.11. The van der Waals surface area contributed by atoms with Crippen LogP contribution in [-0.4, -0.2) is 43.1 Å². The molecule has 0 aliphatic carbocycles. The highest BCUT2D eigenvalue weighted by Crippen LogP contribution is 2.18. The summed E-state index contributed by atoms with van der Waals surface area (Å²) in [7, 11) is 3.51. The van der Waals surface area contributed by atoms with Crippen LogP contribution in [-0.2, 0) is 4.79 Å². The van der Waals surface area contributed by atoms with Gasteiger partial charge in [0.15, 0.2) is 0 Å². The molecule has 0 radical (unpaired) electrons. The Bertz CT molecular complexity index is 385. The van der Waals surface area contributed by atoms with E-state index in [1.807, 2.05) is 36.1 Å². The highest BCUT2D eigenvalue weighted by atomic mass is 16.3. The summed E-state index contributed by atoms with van der Waals surface area (Å²) < 4.78 is 0. The third-order valence-electron chi connectivity index (χ3n) is 2.95. The van der Waals surface area contributed by atoms with Crippen molar-refractivity contribution in [1.29, 1.82) is 0 Å². The quantitative estimate of drug-likeness (QED) is 0.864. The molecule has 1 N–H and O–H groups in total. The first-order valence-electron chi connectivity index (χ1n) is 6.18. The van der Waals surface area contributed by atoms with Gasteiger partial charge >= 0.3 is 0 Å². The van der Waals surface area contributed by atoms with Gasteiger partial charge in [-0.3, -0.25) is 4.79 Å². The molecule has 1 unspecified atom stereocenters. The zero-order valence-corrected chi connectivity index (χ0v) is 11.6. The lowest BCUT2D eigenvalue weighted by atomic mass is 10.1. The number of amides is 1. The van der Waals surface area contributed by atoms with Crippen molar-refractivity contribution in [3.8, 4) is 0 Å². The van der Waals surface area contributed by atoms with Crippen LogP contribution in [0.1, 0.15) is 25.5 Å². The van der Waals surface area contributed by atoms with E-state index >= 15 is 0 Å². The molecular weight excluding hydrogens is 228 g/mol. The third kappa shape index (κ3) is 3.74. The number of aliphatic hydroxyl groups excluding tert-OH is 1. The molecule has 1 aromatic rings. The van der Waals surface area contributed by atoms with E-state index in [0.717, 1.165) is 17.8 Å². The molecule has 0 aliphatic rings. The van der Waals surface area contributed by atoms with Crippen molar-refractivity contribution in [3.05, 3.63) is 29.8 Å². The smallest absolute Gasteiger partial charge is 0.241 e. The van der Waals surface area contributed by atoms with Gasteiger partial charge in [0.2, 0.25) is 5.91 Å². The molecule has 18 heavy (non-hydrogen) atoms. The minimum atomic E-state index is -0.461. The molecule has 1 amide bonds. The zero-order chi connectivity index (χ0) is 13.7. The summed E-state index contributed by atoms with van der Waals surface area (Å²) in [5.41, 5.74) is 1.88. The number of likely N-dealkylation sites (N-methyl/N-ethyl adjacent to an activating group) is 2. The van der Waals surface area contributed by atoms with E-state index in [4.69, 9.17) is 0 Å². The Hall–Kier alpha value is -1.55. The number of benzene rings is 1. The van der Waals surface area contributed by atoms with Crippen LogP contribution >= 0.6 is 0 Å². The number of carbonyl (C=O) groups excluding carboxylic acids is 1. The number of carbonyl (C=O) groups is 1. The molecule has 4 nitrogen and oxygen atoms in total. The largest absolute Gasteiger partial charge is 0.389 e. The van der Waals surface area contributed by atoms with Crippen molar-refractivity contribution in [1.82, 2.24) is 4.90 Å². The summed E-state index contributed by atoms with van der Waals surface area (Å²) in [6, 6.07) is 7.66. The predicted molar refractivity (Wildman–Crippen MR) is 73.7 cm³/mol. The fourth-order valence-corrected chi connectivity index (χ4v) is 1.65. The number of anilines is 1. The van der Waals surface area contributed by atoms with Gasteiger partial charge in [0.05, 0.1) is 12.6 Å². The summed E-state index contributed by atoms with van der Waals surface area (Å²) in [4.78, 5) is 15.3. The maximum atomic E-state index is 11.7. The summed E-state index contributed by atoms with van der Waals surface area (Å²) >= 11 is 0. The summed E-state index contributed by atoms with van der Waals surface area (Å²) in [6.07, 6.45) is -0.461. The molecule has 4 heteroatoms. The van der Waals surface area contributed by atoms with Crippen LogP contribution in [0.25, 0.3) is 0 Å². The molecule has 0 aromatic heterocycles. The maximum absolute atomic E-state index is 11.7. The van der Waals surface area contributed by atoms with E-state index in [2.05, 4.69) is 0 Å². The van der Waals surface area contributed by atoms with Gasteiger partial charge in [0.1, 0.15) is 0 Å². The Morgan fingerprint density at radius 3 is 2.22 bits per heavy atom. The van der Waals surface area contributed by atoms with Gasteiger partial charge in [0.25, 0.3) is 0 Å². The molecular formula is C14H22N2O2. The lowest BCUT2D eigenvalue weighted by molar-refractivity contribution is -0.127. The molecule has 0 spiro atoms. The fourth-order valence-electron chi connectivity index (χ4n) is 1.65. The highest BCUT2D eigenvalue weighted by molar-refractivity contribution is 5.81. The van der Waals surface area contributed by atoms with E-state index in [0.29, 0.717) is 6.54 Å². The number of rotatable bonds is 5. The van der Waals surface area contributed by atoms with E-state index in [1.165, 1.54) is 0 Å². The van der Waals surface area contributed by atoms with Gasteiger partial charge in [0, 0.05) is 26.3 Å². The monoisotopic (exact) mass is 250 g/mol. The number of nitrogens with zero attached hydrogens (tertiary/aromatic N) is 2. The van der Waals surface area contributed by atoms with Gasteiger partial charge in [-0.1, -0.05) is 12.1 Å². The topological polar surface area (TPSA) is 43.8 Å². The Labute approximate surface area is 109 Å². The SMILES string of the molecule is CCN(CC(=O)N(C)C)c1ccc(C(C)O)cc1. The predicted octanol–water partition coefficient (Wildman–Crippen LogP) is 1.65. The second-order valence-electron chi connectivity index (χ2n) is 4.57. The second-order valence-corrected chi connectivity index (χ2v) is 4.57. The summed E-state index contributed by atoms with van der Waals surface area (Å²) in [5, 5.41) is 9.45. The van der Waals surface area contributed by atoms with Crippen molar-refractivity contribution in [2.75, 3.05) is 32.1 Å². The minimum absolute atomic E-state index is 0.0800. The number of hydrogen-bond acceptors (Lipinski definition) is 3. The van der Waals surface area contributed by atoms with E-state index < -0.39 is 6.10 Å². The van der Waals surface area contributed by atoms with Crippen LogP contribution in [0.2, 0.25) is 0 Å². The van der Waals surface area contributed by atoms with Crippen LogP contribution in [0.5, 0.6) is 0 Å². The first-order valence-corrected chi connectivity index (χ1v) is 6.18. The van der Waals surface area contributed by atoms with Gasteiger partial charge in [-0.2, -0.15) is 0 Å². The van der Waals surface area contributed by atoms with Crippen molar-refractivity contribution < 1.29 is 9.90 Å². The van der Waals surface area contributed by atoms with Gasteiger partial charge < -0.3 is 14.9 Å². The molecule has 100 valence electrons. The number of hydrogen-bond donors (Lipinski definition) is 1. The third-order valence-corrected chi connectivity index (χ3v) is 2.95. The van der Waals surface area contributed by atoms with Crippen LogP contribution in [0.15, 0.2) is 24.3 Å². The normalized spacial score (nSPS) is 12.1. The zero-order valence-electron chi connectivity index (χ0n) is 11.6. The van der Waals surface area contributed by atoms with Crippen LogP contribution in [0.4, 0.5) is 5.69 Å². The second kappa shape index (κ2) is 6.40. The van der Waals surface area contributed by atoms with Crippen molar-refractivity contribution >= 4 is 11.6 Å².